The molecule has 2 aromatic rings. The number of benzene rings is 1. The highest BCUT2D eigenvalue weighted by molar-refractivity contribution is 5.94. The van der Waals surface area contributed by atoms with Gasteiger partial charge in [0.15, 0.2) is 0 Å². The topological polar surface area (TPSA) is 53.4 Å². The first-order valence-corrected chi connectivity index (χ1v) is 6.70. The van der Waals surface area contributed by atoms with Gasteiger partial charge in [-0.1, -0.05) is 30.3 Å². The lowest BCUT2D eigenvalue weighted by Gasteiger charge is -2.15. The first kappa shape index (κ1) is 12.8. The Bertz CT molecular complexity index is 596. The molecule has 4 nitrogen and oxygen atoms in total. The molecule has 2 heterocycles. The van der Waals surface area contributed by atoms with E-state index in [4.69, 9.17) is 5.11 Å². The van der Waals surface area contributed by atoms with Crippen molar-refractivity contribution in [2.24, 2.45) is 5.92 Å². The van der Waals surface area contributed by atoms with E-state index in [1.54, 1.807) is 11.1 Å². The fraction of sp³-hybridized carbons (Fsp3) is 0.250. The number of amides is 1. The number of aliphatic hydroxyl groups is 1. The van der Waals surface area contributed by atoms with Crippen LogP contribution in [0.5, 0.6) is 0 Å². The molecule has 20 heavy (non-hydrogen) atoms. The van der Waals surface area contributed by atoms with E-state index in [0.717, 1.165) is 11.1 Å². The predicted octanol–water partition coefficient (Wildman–Crippen LogP) is 2.09. The lowest BCUT2D eigenvalue weighted by Crippen LogP contribution is -2.25. The average molecular weight is 268 g/mol. The van der Waals surface area contributed by atoms with Gasteiger partial charge in [-0.3, -0.25) is 9.69 Å². The van der Waals surface area contributed by atoms with Gasteiger partial charge in [-0.25, -0.2) is 4.98 Å². The molecule has 0 aliphatic carbocycles. The molecule has 0 spiro atoms. The van der Waals surface area contributed by atoms with Crippen molar-refractivity contribution < 1.29 is 9.90 Å². The normalized spacial score (nSPS) is 18.6. The van der Waals surface area contributed by atoms with Gasteiger partial charge in [-0.05, 0) is 17.7 Å². The summed E-state index contributed by atoms with van der Waals surface area (Å²) in [4.78, 5) is 17.9. The third-order valence-electron chi connectivity index (χ3n) is 3.59. The number of aliphatic hydroxyl groups excluding tert-OH is 1. The monoisotopic (exact) mass is 268 g/mol. The van der Waals surface area contributed by atoms with E-state index in [2.05, 4.69) is 4.98 Å². The second kappa shape index (κ2) is 5.43. The van der Waals surface area contributed by atoms with E-state index in [1.165, 1.54) is 0 Å². The molecule has 1 aliphatic heterocycles. The Morgan fingerprint density at radius 3 is 2.55 bits per heavy atom. The summed E-state index contributed by atoms with van der Waals surface area (Å²) in [6.07, 6.45) is 2.18. The quantitative estimate of drug-likeness (QED) is 0.927. The highest BCUT2D eigenvalue weighted by Gasteiger charge is 2.30. The highest BCUT2D eigenvalue weighted by atomic mass is 16.3. The van der Waals surface area contributed by atoms with Crippen molar-refractivity contribution in [3.8, 4) is 11.1 Å². The van der Waals surface area contributed by atoms with Crippen LogP contribution in [0.25, 0.3) is 11.1 Å². The smallest absolute Gasteiger partial charge is 0.228 e. The molecule has 1 amide bonds. The van der Waals surface area contributed by atoms with Crippen LogP contribution in [0.3, 0.4) is 0 Å². The molecule has 1 aromatic carbocycles. The molecule has 0 bridgehead atoms. The summed E-state index contributed by atoms with van der Waals surface area (Å²) in [5, 5.41) is 9.14. The molecule has 1 fully saturated rings. The van der Waals surface area contributed by atoms with Crippen LogP contribution >= 0.6 is 0 Å². The van der Waals surface area contributed by atoms with Crippen LogP contribution in [0.15, 0.2) is 48.7 Å². The summed E-state index contributed by atoms with van der Waals surface area (Å²) in [5.41, 5.74) is 2.13. The molecule has 0 radical (unpaired) electrons. The number of carbonyl (C=O) groups is 1. The zero-order chi connectivity index (χ0) is 13.9. The lowest BCUT2D eigenvalue weighted by atomic mass is 10.1. The second-order valence-electron chi connectivity index (χ2n) is 5.03. The maximum absolute atomic E-state index is 11.9. The van der Waals surface area contributed by atoms with Gasteiger partial charge in [0, 0.05) is 37.3 Å². The van der Waals surface area contributed by atoms with Crippen molar-refractivity contribution in [3.05, 3.63) is 48.7 Å². The minimum absolute atomic E-state index is 0.0260. The van der Waals surface area contributed by atoms with Crippen LogP contribution in [0.4, 0.5) is 5.82 Å². The zero-order valence-corrected chi connectivity index (χ0v) is 11.1. The van der Waals surface area contributed by atoms with Gasteiger partial charge < -0.3 is 5.11 Å². The Labute approximate surface area is 117 Å². The van der Waals surface area contributed by atoms with Crippen molar-refractivity contribution >= 4 is 11.7 Å². The van der Waals surface area contributed by atoms with Gasteiger partial charge in [0.1, 0.15) is 5.82 Å². The number of hydrogen-bond donors (Lipinski definition) is 1. The molecular formula is C16H16N2O2. The van der Waals surface area contributed by atoms with Crippen molar-refractivity contribution in [1.29, 1.82) is 0 Å². The number of carbonyl (C=O) groups excluding carboxylic acids is 1. The number of nitrogens with zero attached hydrogens (tertiary/aromatic N) is 2. The Kier molecular flexibility index (Phi) is 3.48. The molecular weight excluding hydrogens is 252 g/mol. The molecule has 0 saturated carbocycles. The minimum atomic E-state index is 0.0260. The van der Waals surface area contributed by atoms with Crippen LogP contribution < -0.4 is 4.90 Å². The molecule has 4 heteroatoms. The standard InChI is InChI=1S/C16H16N2O2/c19-11-12-8-16(20)18(10-12)15-7-6-14(9-17-15)13-4-2-1-3-5-13/h1-7,9,12,19H,8,10-11H2. The highest BCUT2D eigenvalue weighted by Crippen LogP contribution is 2.25. The number of aromatic nitrogens is 1. The summed E-state index contributed by atoms with van der Waals surface area (Å²) in [7, 11) is 0. The molecule has 1 saturated heterocycles. The minimum Gasteiger partial charge on any atom is -0.396 e. The van der Waals surface area contributed by atoms with E-state index in [9.17, 15) is 4.79 Å². The third-order valence-corrected chi connectivity index (χ3v) is 3.59. The number of pyridine rings is 1. The number of rotatable bonds is 3. The van der Waals surface area contributed by atoms with Crippen molar-refractivity contribution in [1.82, 2.24) is 4.98 Å². The lowest BCUT2D eigenvalue weighted by molar-refractivity contribution is -0.117. The number of hydrogen-bond acceptors (Lipinski definition) is 3. The fourth-order valence-corrected chi connectivity index (χ4v) is 2.47. The van der Waals surface area contributed by atoms with E-state index >= 15 is 0 Å². The summed E-state index contributed by atoms with van der Waals surface area (Å²) >= 11 is 0. The third kappa shape index (κ3) is 2.42. The molecule has 1 atom stereocenters. The van der Waals surface area contributed by atoms with Gasteiger partial charge in [0.25, 0.3) is 0 Å². The van der Waals surface area contributed by atoms with Gasteiger partial charge in [0.2, 0.25) is 5.91 Å². The van der Waals surface area contributed by atoms with Gasteiger partial charge in [0.05, 0.1) is 0 Å². The summed E-state index contributed by atoms with van der Waals surface area (Å²) in [6.45, 7) is 0.595. The van der Waals surface area contributed by atoms with Crippen LogP contribution in [0, 0.1) is 5.92 Å². The van der Waals surface area contributed by atoms with E-state index < -0.39 is 0 Å². The second-order valence-corrected chi connectivity index (χ2v) is 5.03. The van der Waals surface area contributed by atoms with Gasteiger partial charge in [-0.2, -0.15) is 0 Å². The van der Waals surface area contributed by atoms with Crippen molar-refractivity contribution in [2.75, 3.05) is 18.1 Å². The van der Waals surface area contributed by atoms with Crippen LogP contribution in [0.1, 0.15) is 6.42 Å². The average Bonchev–Trinajstić information content (AvgIpc) is 2.89. The molecule has 1 N–H and O–H groups in total. The van der Waals surface area contributed by atoms with Crippen LogP contribution in [-0.2, 0) is 4.79 Å². The molecule has 102 valence electrons. The maximum Gasteiger partial charge on any atom is 0.228 e. The first-order chi connectivity index (χ1) is 9.78. The maximum atomic E-state index is 11.9. The van der Waals surface area contributed by atoms with E-state index in [0.29, 0.717) is 18.8 Å². The summed E-state index contributed by atoms with van der Waals surface area (Å²) in [5.74, 6) is 0.716. The predicted molar refractivity (Wildman–Crippen MR) is 77.2 cm³/mol. The van der Waals surface area contributed by atoms with E-state index in [1.807, 2.05) is 42.5 Å². The Hall–Kier alpha value is -2.20. The number of anilines is 1. The first-order valence-electron chi connectivity index (χ1n) is 6.70. The van der Waals surface area contributed by atoms with Gasteiger partial charge in [-0.15, -0.1) is 0 Å². The van der Waals surface area contributed by atoms with Crippen LogP contribution in [0.2, 0.25) is 0 Å². The van der Waals surface area contributed by atoms with E-state index in [-0.39, 0.29) is 18.4 Å². The van der Waals surface area contributed by atoms with Gasteiger partial charge >= 0.3 is 0 Å². The largest absolute Gasteiger partial charge is 0.396 e. The summed E-state index contributed by atoms with van der Waals surface area (Å²) < 4.78 is 0. The van der Waals surface area contributed by atoms with Crippen molar-refractivity contribution in [2.45, 2.75) is 6.42 Å². The molecule has 1 aliphatic rings. The fourth-order valence-electron chi connectivity index (χ4n) is 2.47. The summed E-state index contributed by atoms with van der Waals surface area (Å²) in [6, 6.07) is 13.8. The SMILES string of the molecule is O=C1CC(CO)CN1c1ccc(-c2ccccc2)cn1. The van der Waals surface area contributed by atoms with Crippen molar-refractivity contribution in [3.63, 3.8) is 0 Å². The Morgan fingerprint density at radius 2 is 1.95 bits per heavy atom. The van der Waals surface area contributed by atoms with Crippen LogP contribution in [-0.4, -0.2) is 29.1 Å². The zero-order valence-electron chi connectivity index (χ0n) is 11.1. The molecule has 1 unspecified atom stereocenters. The molecule has 3 rings (SSSR count). The molecule has 1 aromatic heterocycles. The Morgan fingerprint density at radius 1 is 1.15 bits per heavy atom. The Balaban J connectivity index is 1.82.